The fourth-order valence-electron chi connectivity index (χ4n) is 1.98. The Morgan fingerprint density at radius 1 is 1.30 bits per heavy atom. The minimum atomic E-state index is -0.192. The quantitative estimate of drug-likeness (QED) is 0.469. The first-order valence-electron chi connectivity index (χ1n) is 3.79. The number of aliphatic hydroxyl groups is 1. The molecule has 0 amide bonds. The van der Waals surface area contributed by atoms with Crippen molar-refractivity contribution in [3.05, 3.63) is 12.2 Å². The van der Waals surface area contributed by atoms with E-state index < -0.39 is 0 Å². The second kappa shape index (κ2) is 2.35. The molecule has 0 aromatic carbocycles. The summed E-state index contributed by atoms with van der Waals surface area (Å²) < 4.78 is 0. The largest absolute Gasteiger partial charge is 0.389 e. The van der Waals surface area contributed by atoms with Crippen LogP contribution in [-0.2, 0) is 0 Å². The molecule has 0 heterocycles. The Kier molecular flexibility index (Phi) is 1.61. The molecule has 0 radical (unpaired) electrons. The predicted molar refractivity (Wildman–Crippen MR) is 44.1 cm³/mol. The summed E-state index contributed by atoms with van der Waals surface area (Å²) in [5.74, 6) is 1.17. The van der Waals surface area contributed by atoms with Crippen molar-refractivity contribution < 1.29 is 5.11 Å². The first kappa shape index (κ1) is 6.86. The van der Waals surface area contributed by atoms with E-state index in [0.29, 0.717) is 16.7 Å². The third kappa shape index (κ3) is 0.857. The lowest BCUT2D eigenvalue weighted by atomic mass is 9.93. The number of hydrogen-bond donors (Lipinski definition) is 1. The molecule has 56 valence electrons. The van der Waals surface area contributed by atoms with Crippen LogP contribution in [-0.4, -0.2) is 16.0 Å². The van der Waals surface area contributed by atoms with Crippen LogP contribution < -0.4 is 0 Å². The maximum atomic E-state index is 9.45. The van der Waals surface area contributed by atoms with Gasteiger partial charge in [-0.1, -0.05) is 28.1 Å². The Hall–Kier alpha value is 0.180. The Bertz CT molecular complexity index is 167. The highest BCUT2D eigenvalue weighted by molar-refractivity contribution is 9.09. The van der Waals surface area contributed by atoms with Gasteiger partial charge in [0.1, 0.15) is 0 Å². The van der Waals surface area contributed by atoms with Gasteiger partial charge in [0.05, 0.1) is 6.10 Å². The number of rotatable bonds is 0. The van der Waals surface area contributed by atoms with Crippen LogP contribution >= 0.6 is 15.9 Å². The fraction of sp³-hybridized carbons (Fsp3) is 0.750. The van der Waals surface area contributed by atoms with Crippen molar-refractivity contribution in [1.29, 1.82) is 0 Å². The normalized spacial score (nSPS) is 51.8. The molecule has 0 aliphatic heterocycles. The molecule has 10 heavy (non-hydrogen) atoms. The standard InChI is InChI=1S/C8H11BrO/c9-8-5-1-3-6(8)7(10)4-2-5/h2,4-8,10H,1,3H2. The summed E-state index contributed by atoms with van der Waals surface area (Å²) in [6, 6.07) is 0. The summed E-state index contributed by atoms with van der Waals surface area (Å²) in [6.45, 7) is 0. The summed E-state index contributed by atoms with van der Waals surface area (Å²) in [5, 5.41) is 9.45. The maximum absolute atomic E-state index is 9.45. The van der Waals surface area contributed by atoms with Gasteiger partial charge in [-0.3, -0.25) is 0 Å². The molecule has 0 aromatic rings. The van der Waals surface area contributed by atoms with E-state index in [1.807, 2.05) is 6.08 Å². The lowest BCUT2D eigenvalue weighted by molar-refractivity contribution is 0.153. The molecule has 0 saturated heterocycles. The highest BCUT2D eigenvalue weighted by Crippen LogP contribution is 2.42. The first-order chi connectivity index (χ1) is 4.79. The van der Waals surface area contributed by atoms with Crippen molar-refractivity contribution in [3.8, 4) is 0 Å². The minimum Gasteiger partial charge on any atom is -0.389 e. The van der Waals surface area contributed by atoms with Crippen molar-refractivity contribution >= 4 is 15.9 Å². The molecule has 2 aliphatic carbocycles. The monoisotopic (exact) mass is 202 g/mol. The first-order valence-corrected chi connectivity index (χ1v) is 4.71. The van der Waals surface area contributed by atoms with E-state index >= 15 is 0 Å². The summed E-state index contributed by atoms with van der Waals surface area (Å²) in [7, 11) is 0. The summed E-state index contributed by atoms with van der Waals surface area (Å²) in [4.78, 5) is 0.535. The average molecular weight is 203 g/mol. The van der Waals surface area contributed by atoms with Gasteiger partial charge >= 0.3 is 0 Å². The Balaban J connectivity index is 2.25. The highest BCUT2D eigenvalue weighted by atomic mass is 79.9. The number of alkyl halides is 1. The van der Waals surface area contributed by atoms with Gasteiger partial charge in [-0.15, -0.1) is 0 Å². The minimum absolute atomic E-state index is 0.192. The van der Waals surface area contributed by atoms with Crippen molar-refractivity contribution in [2.24, 2.45) is 11.8 Å². The van der Waals surface area contributed by atoms with E-state index in [0.717, 1.165) is 0 Å². The van der Waals surface area contributed by atoms with Crippen LogP contribution in [0.3, 0.4) is 0 Å². The van der Waals surface area contributed by atoms with Gasteiger partial charge in [-0.25, -0.2) is 0 Å². The van der Waals surface area contributed by atoms with Crippen molar-refractivity contribution in [3.63, 3.8) is 0 Å². The summed E-state index contributed by atoms with van der Waals surface area (Å²) >= 11 is 3.61. The molecular formula is C8H11BrO. The summed E-state index contributed by atoms with van der Waals surface area (Å²) in [5.41, 5.74) is 0. The van der Waals surface area contributed by atoms with Crippen LogP contribution in [0.2, 0.25) is 0 Å². The molecule has 1 N–H and O–H groups in total. The number of fused-ring (bicyclic) bond motifs is 2. The van der Waals surface area contributed by atoms with Crippen LogP contribution in [0, 0.1) is 11.8 Å². The van der Waals surface area contributed by atoms with Crippen molar-refractivity contribution in [2.45, 2.75) is 23.8 Å². The van der Waals surface area contributed by atoms with Crippen LogP contribution in [0.25, 0.3) is 0 Å². The van der Waals surface area contributed by atoms with Gasteiger partial charge in [0.2, 0.25) is 0 Å². The molecule has 4 atom stereocenters. The van der Waals surface area contributed by atoms with Gasteiger partial charge in [0.15, 0.2) is 0 Å². The van der Waals surface area contributed by atoms with E-state index in [2.05, 4.69) is 22.0 Å². The van der Waals surface area contributed by atoms with E-state index in [-0.39, 0.29) is 6.10 Å². The SMILES string of the molecule is OC1C=CC2CCC1C2Br. The zero-order valence-corrected chi connectivity index (χ0v) is 7.29. The number of hydrogen-bond acceptors (Lipinski definition) is 1. The number of aliphatic hydroxyl groups excluding tert-OH is 1. The molecule has 2 bridgehead atoms. The smallest absolute Gasteiger partial charge is 0.0760 e. The zero-order chi connectivity index (χ0) is 7.14. The Morgan fingerprint density at radius 3 is 2.80 bits per heavy atom. The predicted octanol–water partition coefficient (Wildman–Crippen LogP) is 1.71. The van der Waals surface area contributed by atoms with E-state index in [1.165, 1.54) is 12.8 Å². The topological polar surface area (TPSA) is 20.2 Å². The molecule has 1 nitrogen and oxygen atoms in total. The molecule has 4 unspecified atom stereocenters. The third-order valence-electron chi connectivity index (χ3n) is 2.65. The summed E-state index contributed by atoms with van der Waals surface area (Å²) in [6.07, 6.45) is 6.32. The molecule has 2 heteroatoms. The molecule has 0 spiro atoms. The van der Waals surface area contributed by atoms with Gasteiger partial charge in [-0.05, 0) is 18.8 Å². The Labute approximate surface area is 69.3 Å². The lowest BCUT2D eigenvalue weighted by Gasteiger charge is -2.24. The van der Waals surface area contributed by atoms with Crippen molar-refractivity contribution in [2.75, 3.05) is 0 Å². The Morgan fingerprint density at radius 2 is 2.10 bits per heavy atom. The molecule has 0 aromatic heterocycles. The molecule has 1 fully saturated rings. The third-order valence-corrected chi connectivity index (χ3v) is 4.00. The molecular weight excluding hydrogens is 192 g/mol. The molecule has 2 aliphatic rings. The maximum Gasteiger partial charge on any atom is 0.0760 e. The fourth-order valence-corrected chi connectivity index (χ4v) is 3.00. The molecule has 1 saturated carbocycles. The van der Waals surface area contributed by atoms with Gasteiger partial charge in [0, 0.05) is 10.7 Å². The van der Waals surface area contributed by atoms with Crippen LogP contribution in [0.4, 0.5) is 0 Å². The van der Waals surface area contributed by atoms with Crippen LogP contribution in [0.5, 0.6) is 0 Å². The average Bonchev–Trinajstić information content (AvgIpc) is 2.13. The second-order valence-electron chi connectivity index (χ2n) is 3.22. The van der Waals surface area contributed by atoms with E-state index in [9.17, 15) is 5.11 Å². The number of allylic oxidation sites excluding steroid dienone is 1. The zero-order valence-electron chi connectivity index (χ0n) is 5.70. The van der Waals surface area contributed by atoms with Crippen LogP contribution in [0.1, 0.15) is 12.8 Å². The lowest BCUT2D eigenvalue weighted by Crippen LogP contribution is -2.28. The molecule has 2 rings (SSSR count). The van der Waals surface area contributed by atoms with E-state index in [4.69, 9.17) is 0 Å². The van der Waals surface area contributed by atoms with Gasteiger partial charge in [-0.2, -0.15) is 0 Å². The van der Waals surface area contributed by atoms with E-state index in [1.54, 1.807) is 0 Å². The van der Waals surface area contributed by atoms with Crippen molar-refractivity contribution in [1.82, 2.24) is 0 Å². The van der Waals surface area contributed by atoms with Crippen LogP contribution in [0.15, 0.2) is 12.2 Å². The van der Waals surface area contributed by atoms with Gasteiger partial charge in [0.25, 0.3) is 0 Å². The van der Waals surface area contributed by atoms with Gasteiger partial charge < -0.3 is 5.11 Å². The highest BCUT2D eigenvalue weighted by Gasteiger charge is 2.38. The second-order valence-corrected chi connectivity index (χ2v) is 4.28. The number of halogens is 1.